The zero-order valence-electron chi connectivity index (χ0n) is 15.7. The van der Waals surface area contributed by atoms with Crippen LogP contribution < -0.4 is 0 Å². The van der Waals surface area contributed by atoms with Gasteiger partial charge in [-0.3, -0.25) is 0 Å². The van der Waals surface area contributed by atoms with Crippen molar-refractivity contribution in [2.45, 2.75) is 72.3 Å². The third-order valence-corrected chi connectivity index (χ3v) is 3.89. The first-order chi connectivity index (χ1) is 11.1. The monoisotopic (exact) mass is 327 g/mol. The molecule has 0 N–H and O–H groups in total. The van der Waals surface area contributed by atoms with Crippen LogP contribution in [0.15, 0.2) is 12.2 Å². The lowest BCUT2D eigenvalue weighted by molar-refractivity contribution is -0.141. The molecule has 4 nitrogen and oxygen atoms in total. The Morgan fingerprint density at radius 3 is 2.43 bits per heavy atom. The van der Waals surface area contributed by atoms with E-state index in [4.69, 9.17) is 9.47 Å². The van der Waals surface area contributed by atoms with E-state index in [0.717, 1.165) is 32.5 Å². The van der Waals surface area contributed by atoms with Gasteiger partial charge in [0, 0.05) is 12.6 Å². The van der Waals surface area contributed by atoms with E-state index in [1.165, 1.54) is 25.7 Å². The van der Waals surface area contributed by atoms with Gasteiger partial charge in [0.25, 0.3) is 0 Å². The summed E-state index contributed by atoms with van der Waals surface area (Å²) in [4.78, 5) is 13.9. The van der Waals surface area contributed by atoms with Crippen molar-refractivity contribution in [2.24, 2.45) is 0 Å². The minimum atomic E-state index is -0.266. The van der Waals surface area contributed by atoms with Gasteiger partial charge in [-0.1, -0.05) is 52.5 Å². The molecule has 0 bridgehead atoms. The average Bonchev–Trinajstić information content (AvgIpc) is 2.56. The summed E-state index contributed by atoms with van der Waals surface area (Å²) in [7, 11) is 0. The zero-order chi connectivity index (χ0) is 17.3. The van der Waals surface area contributed by atoms with Gasteiger partial charge >= 0.3 is 5.97 Å². The molecule has 0 aromatic carbocycles. The molecule has 0 rings (SSSR count). The molecule has 1 unspecified atom stereocenters. The van der Waals surface area contributed by atoms with E-state index in [0.29, 0.717) is 13.2 Å². The highest BCUT2D eigenvalue weighted by Gasteiger charge is 2.06. The summed E-state index contributed by atoms with van der Waals surface area (Å²) in [5.74, 6) is -0.266. The molecular formula is C19H37NO3. The zero-order valence-corrected chi connectivity index (χ0v) is 15.7. The van der Waals surface area contributed by atoms with Gasteiger partial charge in [-0.05, 0) is 32.9 Å². The highest BCUT2D eigenvalue weighted by molar-refractivity contribution is 5.81. The molecule has 0 saturated heterocycles. The molecule has 0 aromatic rings. The Morgan fingerprint density at radius 2 is 1.78 bits per heavy atom. The number of ether oxygens (including phenoxy) is 2. The predicted molar refractivity (Wildman–Crippen MR) is 96.7 cm³/mol. The van der Waals surface area contributed by atoms with Crippen molar-refractivity contribution < 1.29 is 14.3 Å². The molecule has 0 amide bonds. The van der Waals surface area contributed by atoms with Gasteiger partial charge in [-0.2, -0.15) is 0 Å². The molecular weight excluding hydrogens is 290 g/mol. The summed E-state index contributed by atoms with van der Waals surface area (Å²) in [6, 6.07) is 0. The highest BCUT2D eigenvalue weighted by Crippen LogP contribution is 2.05. The molecule has 0 radical (unpaired) electrons. The van der Waals surface area contributed by atoms with E-state index in [1.807, 2.05) is 13.0 Å². The molecule has 0 heterocycles. The van der Waals surface area contributed by atoms with E-state index in [-0.39, 0.29) is 12.1 Å². The van der Waals surface area contributed by atoms with Crippen LogP contribution in [0.25, 0.3) is 0 Å². The minimum absolute atomic E-state index is 0.0584. The highest BCUT2D eigenvalue weighted by atomic mass is 16.6. The van der Waals surface area contributed by atoms with Crippen molar-refractivity contribution in [3.8, 4) is 0 Å². The Kier molecular flexibility index (Phi) is 15.4. The van der Waals surface area contributed by atoms with Gasteiger partial charge in [0.05, 0.1) is 12.7 Å². The molecule has 0 fully saturated rings. The number of allylic oxidation sites excluding steroid dienone is 1. The van der Waals surface area contributed by atoms with Crippen molar-refractivity contribution in [3.05, 3.63) is 12.2 Å². The van der Waals surface area contributed by atoms with E-state index in [9.17, 15) is 4.79 Å². The Labute approximate surface area is 143 Å². The second-order valence-electron chi connectivity index (χ2n) is 5.94. The molecule has 4 heteroatoms. The molecule has 0 aliphatic carbocycles. The predicted octanol–water partition coefficient (Wildman–Crippen LogP) is 4.19. The van der Waals surface area contributed by atoms with Crippen molar-refractivity contribution in [1.29, 1.82) is 0 Å². The molecule has 136 valence electrons. The van der Waals surface area contributed by atoms with Crippen molar-refractivity contribution in [3.63, 3.8) is 0 Å². The number of carbonyl (C=O) groups is 1. The molecule has 0 aromatic heterocycles. The SMILES string of the molecule is CCCCCCC/C=C/C(=O)OCC(C)OCCN(CC)CC. The summed E-state index contributed by atoms with van der Waals surface area (Å²) in [5, 5.41) is 0. The van der Waals surface area contributed by atoms with Crippen LogP contribution in [0.5, 0.6) is 0 Å². The van der Waals surface area contributed by atoms with Gasteiger partial charge in [-0.15, -0.1) is 0 Å². The molecule has 0 aliphatic rings. The molecule has 0 aliphatic heterocycles. The summed E-state index contributed by atoms with van der Waals surface area (Å²) in [6.45, 7) is 12.4. The number of carbonyl (C=O) groups excluding carboxylic acids is 1. The summed E-state index contributed by atoms with van der Waals surface area (Å²) in [5.41, 5.74) is 0. The first-order valence-corrected chi connectivity index (χ1v) is 9.31. The number of unbranched alkanes of at least 4 members (excludes halogenated alkanes) is 5. The Morgan fingerprint density at radius 1 is 1.09 bits per heavy atom. The maximum atomic E-state index is 11.6. The van der Waals surface area contributed by atoms with Crippen LogP contribution >= 0.6 is 0 Å². The number of hydrogen-bond donors (Lipinski definition) is 0. The van der Waals surface area contributed by atoms with Gasteiger partial charge in [0.1, 0.15) is 6.61 Å². The topological polar surface area (TPSA) is 38.8 Å². The Hall–Kier alpha value is -0.870. The first kappa shape index (κ1) is 22.1. The lowest BCUT2D eigenvalue weighted by Gasteiger charge is -2.19. The van der Waals surface area contributed by atoms with Crippen molar-refractivity contribution in [2.75, 3.05) is 32.8 Å². The van der Waals surface area contributed by atoms with Gasteiger partial charge in [-0.25, -0.2) is 4.79 Å². The van der Waals surface area contributed by atoms with Crippen molar-refractivity contribution in [1.82, 2.24) is 4.90 Å². The lowest BCUT2D eigenvalue weighted by Crippen LogP contribution is -2.29. The van der Waals surface area contributed by atoms with E-state index >= 15 is 0 Å². The van der Waals surface area contributed by atoms with E-state index in [1.54, 1.807) is 6.08 Å². The lowest BCUT2D eigenvalue weighted by atomic mass is 10.1. The fourth-order valence-electron chi connectivity index (χ4n) is 2.26. The van der Waals surface area contributed by atoms with Crippen molar-refractivity contribution >= 4 is 5.97 Å². The molecule has 1 atom stereocenters. The number of likely N-dealkylation sites (N-methyl/N-ethyl adjacent to an activating group) is 1. The van der Waals surface area contributed by atoms with Gasteiger partial charge in [0.2, 0.25) is 0 Å². The van der Waals surface area contributed by atoms with Crippen LogP contribution in [0.3, 0.4) is 0 Å². The van der Waals surface area contributed by atoms with Crippen LogP contribution in [0, 0.1) is 0 Å². The maximum absolute atomic E-state index is 11.6. The third kappa shape index (κ3) is 14.5. The van der Waals surface area contributed by atoms with E-state index in [2.05, 4.69) is 25.7 Å². The largest absolute Gasteiger partial charge is 0.460 e. The molecule has 23 heavy (non-hydrogen) atoms. The second kappa shape index (κ2) is 16.0. The van der Waals surface area contributed by atoms with Crippen LogP contribution in [0.2, 0.25) is 0 Å². The normalized spacial score (nSPS) is 12.9. The average molecular weight is 328 g/mol. The third-order valence-electron chi connectivity index (χ3n) is 3.89. The van der Waals surface area contributed by atoms with Crippen LogP contribution in [0.1, 0.15) is 66.2 Å². The quantitative estimate of drug-likeness (QED) is 0.257. The van der Waals surface area contributed by atoms with Crippen LogP contribution in [-0.4, -0.2) is 49.8 Å². The molecule has 0 spiro atoms. The smallest absolute Gasteiger partial charge is 0.330 e. The van der Waals surface area contributed by atoms with Gasteiger partial charge in [0.15, 0.2) is 0 Å². The fourth-order valence-corrected chi connectivity index (χ4v) is 2.26. The fraction of sp³-hybridized carbons (Fsp3) is 0.842. The van der Waals surface area contributed by atoms with E-state index < -0.39 is 0 Å². The second-order valence-corrected chi connectivity index (χ2v) is 5.94. The Balaban J connectivity index is 3.59. The summed E-state index contributed by atoms with van der Waals surface area (Å²) < 4.78 is 10.9. The van der Waals surface area contributed by atoms with Gasteiger partial charge < -0.3 is 14.4 Å². The molecule has 0 saturated carbocycles. The number of hydrogen-bond acceptors (Lipinski definition) is 4. The number of nitrogens with zero attached hydrogens (tertiary/aromatic N) is 1. The van der Waals surface area contributed by atoms with Crippen LogP contribution in [0.4, 0.5) is 0 Å². The minimum Gasteiger partial charge on any atom is -0.460 e. The Bertz CT molecular complexity index is 301. The number of rotatable bonds is 15. The number of esters is 1. The van der Waals surface area contributed by atoms with Crippen LogP contribution in [-0.2, 0) is 14.3 Å². The summed E-state index contributed by atoms with van der Waals surface area (Å²) in [6.07, 6.45) is 10.6. The summed E-state index contributed by atoms with van der Waals surface area (Å²) >= 11 is 0. The first-order valence-electron chi connectivity index (χ1n) is 9.31. The standard InChI is InChI=1S/C19H37NO3/c1-5-8-9-10-11-12-13-14-19(21)23-17-18(4)22-16-15-20(6-2)7-3/h13-14,18H,5-12,15-17H2,1-4H3/b14-13+. The maximum Gasteiger partial charge on any atom is 0.330 e.